The minimum Gasteiger partial charge on any atom is -0.350 e. The smallest absolute Gasteiger partial charge is 0.253 e. The number of benzene rings is 2. The maximum absolute atomic E-state index is 12.8. The van der Waals surface area contributed by atoms with Crippen LogP contribution in [0, 0.1) is 5.92 Å². The van der Waals surface area contributed by atoms with Gasteiger partial charge in [0, 0.05) is 18.5 Å². The second-order valence-corrected chi connectivity index (χ2v) is 7.70. The number of nitrogens with zero attached hydrogens (tertiary/aromatic N) is 1. The molecular weight excluding hydrogens is 350 g/mol. The normalized spacial score (nSPS) is 15.4. The molecule has 5 heteroatoms. The number of nitrogens with one attached hydrogen (secondary N) is 2. The third kappa shape index (κ3) is 5.42. The highest BCUT2D eigenvalue weighted by Crippen LogP contribution is 2.22. The first-order valence-corrected chi connectivity index (χ1v) is 10.00. The summed E-state index contributed by atoms with van der Waals surface area (Å²) in [5.41, 5.74) is 2.39. The molecule has 0 aliphatic carbocycles. The summed E-state index contributed by atoms with van der Waals surface area (Å²) in [6, 6.07) is 17.6. The number of likely N-dealkylation sites (tertiary alicyclic amines) is 1. The van der Waals surface area contributed by atoms with Crippen LogP contribution in [0.5, 0.6) is 0 Å². The highest BCUT2D eigenvalue weighted by molar-refractivity contribution is 6.04. The van der Waals surface area contributed by atoms with E-state index < -0.39 is 0 Å². The number of hydrogen-bond acceptors (Lipinski definition) is 3. The summed E-state index contributed by atoms with van der Waals surface area (Å²) < 4.78 is 0. The van der Waals surface area contributed by atoms with Gasteiger partial charge in [0.15, 0.2) is 0 Å². The van der Waals surface area contributed by atoms with E-state index in [1.807, 2.05) is 32.0 Å². The maximum atomic E-state index is 12.8. The molecule has 5 nitrogen and oxygen atoms in total. The topological polar surface area (TPSA) is 61.4 Å². The first-order chi connectivity index (χ1) is 13.5. The third-order valence-electron chi connectivity index (χ3n) is 5.06. The number of para-hydroxylation sites is 1. The van der Waals surface area contributed by atoms with Gasteiger partial charge in [-0.05, 0) is 57.5 Å². The van der Waals surface area contributed by atoms with Gasteiger partial charge in [0.05, 0.1) is 11.3 Å². The fourth-order valence-corrected chi connectivity index (χ4v) is 3.56. The van der Waals surface area contributed by atoms with E-state index in [2.05, 4.69) is 39.8 Å². The third-order valence-corrected chi connectivity index (χ3v) is 5.06. The summed E-state index contributed by atoms with van der Waals surface area (Å²) in [5.74, 6) is -0.180. The Morgan fingerprint density at radius 1 is 1.00 bits per heavy atom. The van der Waals surface area contributed by atoms with Crippen molar-refractivity contribution in [2.45, 2.75) is 39.3 Å². The summed E-state index contributed by atoms with van der Waals surface area (Å²) >= 11 is 0. The molecule has 148 valence electrons. The van der Waals surface area contributed by atoms with Crippen LogP contribution in [0.3, 0.4) is 0 Å². The Hall–Kier alpha value is -2.66. The second kappa shape index (κ2) is 9.51. The lowest BCUT2D eigenvalue weighted by atomic mass is 9.95. The van der Waals surface area contributed by atoms with Gasteiger partial charge < -0.3 is 10.6 Å². The van der Waals surface area contributed by atoms with E-state index in [1.54, 1.807) is 12.1 Å². The van der Waals surface area contributed by atoms with Crippen LogP contribution in [0.4, 0.5) is 5.69 Å². The molecule has 2 aromatic carbocycles. The molecule has 1 heterocycles. The van der Waals surface area contributed by atoms with Crippen molar-refractivity contribution in [3.63, 3.8) is 0 Å². The fraction of sp³-hybridized carbons (Fsp3) is 0.391. The van der Waals surface area contributed by atoms with Gasteiger partial charge in [-0.2, -0.15) is 0 Å². The van der Waals surface area contributed by atoms with Crippen molar-refractivity contribution in [3.8, 4) is 0 Å². The average molecular weight is 380 g/mol. The zero-order valence-corrected chi connectivity index (χ0v) is 16.7. The molecule has 1 fully saturated rings. The first kappa shape index (κ1) is 20.1. The molecule has 2 amide bonds. The molecule has 1 saturated heterocycles. The summed E-state index contributed by atoms with van der Waals surface area (Å²) in [6.07, 6.45) is 1.66. The molecule has 1 aliphatic heterocycles. The molecule has 0 aromatic heterocycles. The highest BCUT2D eigenvalue weighted by atomic mass is 16.2. The van der Waals surface area contributed by atoms with Gasteiger partial charge >= 0.3 is 0 Å². The van der Waals surface area contributed by atoms with Gasteiger partial charge in [-0.3, -0.25) is 14.5 Å². The van der Waals surface area contributed by atoms with Crippen molar-refractivity contribution in [2.75, 3.05) is 18.4 Å². The minimum absolute atomic E-state index is 0.00385. The van der Waals surface area contributed by atoms with Crippen LogP contribution in [0.2, 0.25) is 0 Å². The van der Waals surface area contributed by atoms with Crippen LogP contribution < -0.4 is 10.6 Å². The lowest BCUT2D eigenvalue weighted by Gasteiger charge is -2.31. The quantitative estimate of drug-likeness (QED) is 0.805. The predicted octanol–water partition coefficient (Wildman–Crippen LogP) is 3.68. The van der Waals surface area contributed by atoms with Gasteiger partial charge in [-0.15, -0.1) is 0 Å². The minimum atomic E-state index is -0.163. The van der Waals surface area contributed by atoms with E-state index in [0.29, 0.717) is 11.3 Å². The standard InChI is InChI=1S/C23H29N3O2/c1-17(2)24-23(28)20-10-6-7-11-21(20)25-22(27)19-12-14-26(15-13-19)16-18-8-4-3-5-9-18/h3-11,17,19H,12-16H2,1-2H3,(H,24,28)(H,25,27). The van der Waals surface area contributed by atoms with Gasteiger partial charge in [0.2, 0.25) is 5.91 Å². The number of carbonyl (C=O) groups excluding carboxylic acids is 2. The molecule has 0 saturated carbocycles. The van der Waals surface area contributed by atoms with Gasteiger partial charge in [0.1, 0.15) is 0 Å². The Morgan fingerprint density at radius 3 is 2.32 bits per heavy atom. The number of piperidine rings is 1. The van der Waals surface area contributed by atoms with Crippen molar-refractivity contribution < 1.29 is 9.59 Å². The molecular formula is C23H29N3O2. The van der Waals surface area contributed by atoms with Crippen molar-refractivity contribution in [1.29, 1.82) is 0 Å². The van der Waals surface area contributed by atoms with Gasteiger partial charge in [-0.1, -0.05) is 42.5 Å². The molecule has 2 N–H and O–H groups in total. The largest absolute Gasteiger partial charge is 0.350 e. The van der Waals surface area contributed by atoms with Crippen molar-refractivity contribution in [1.82, 2.24) is 10.2 Å². The molecule has 1 aliphatic rings. The van der Waals surface area contributed by atoms with E-state index in [9.17, 15) is 9.59 Å². The van der Waals surface area contributed by atoms with Gasteiger partial charge in [0.25, 0.3) is 5.91 Å². The summed E-state index contributed by atoms with van der Waals surface area (Å²) in [4.78, 5) is 27.5. The second-order valence-electron chi connectivity index (χ2n) is 7.70. The molecule has 0 unspecified atom stereocenters. The average Bonchev–Trinajstić information content (AvgIpc) is 2.69. The van der Waals surface area contributed by atoms with Crippen molar-refractivity contribution >= 4 is 17.5 Å². The SMILES string of the molecule is CC(C)NC(=O)c1ccccc1NC(=O)C1CCN(Cc2ccccc2)CC1. The van der Waals surface area contributed by atoms with Crippen molar-refractivity contribution in [2.24, 2.45) is 5.92 Å². The summed E-state index contributed by atoms with van der Waals surface area (Å²) in [6.45, 7) is 6.57. The Labute approximate surface area is 167 Å². The Balaban J connectivity index is 1.56. The number of hydrogen-bond donors (Lipinski definition) is 2. The lowest BCUT2D eigenvalue weighted by molar-refractivity contribution is -0.121. The Bertz CT molecular complexity index is 797. The van der Waals surface area contributed by atoms with Crippen LogP contribution in [-0.4, -0.2) is 35.8 Å². The highest BCUT2D eigenvalue weighted by Gasteiger charge is 2.26. The first-order valence-electron chi connectivity index (χ1n) is 10.00. The number of carbonyl (C=O) groups is 2. The van der Waals surface area contributed by atoms with E-state index in [4.69, 9.17) is 0 Å². The Kier molecular flexibility index (Phi) is 6.82. The number of amides is 2. The van der Waals surface area contributed by atoms with Crippen LogP contribution in [0.15, 0.2) is 54.6 Å². The van der Waals surface area contributed by atoms with Crippen LogP contribution in [0.25, 0.3) is 0 Å². The summed E-state index contributed by atoms with van der Waals surface area (Å²) in [5, 5.41) is 5.86. The Morgan fingerprint density at radius 2 is 1.64 bits per heavy atom. The number of anilines is 1. The number of rotatable bonds is 6. The van der Waals surface area contributed by atoms with Crippen LogP contribution in [-0.2, 0) is 11.3 Å². The monoisotopic (exact) mass is 379 g/mol. The molecule has 0 radical (unpaired) electrons. The summed E-state index contributed by atoms with van der Waals surface area (Å²) in [7, 11) is 0. The molecule has 0 bridgehead atoms. The fourth-order valence-electron chi connectivity index (χ4n) is 3.56. The molecule has 28 heavy (non-hydrogen) atoms. The molecule has 0 spiro atoms. The zero-order valence-electron chi connectivity index (χ0n) is 16.7. The van der Waals surface area contributed by atoms with Crippen LogP contribution >= 0.6 is 0 Å². The zero-order chi connectivity index (χ0) is 19.9. The van der Waals surface area contributed by atoms with Gasteiger partial charge in [-0.25, -0.2) is 0 Å². The maximum Gasteiger partial charge on any atom is 0.253 e. The lowest BCUT2D eigenvalue weighted by Crippen LogP contribution is -2.38. The van der Waals surface area contributed by atoms with E-state index in [0.717, 1.165) is 32.5 Å². The molecule has 0 atom stereocenters. The van der Waals surface area contributed by atoms with Crippen LogP contribution in [0.1, 0.15) is 42.6 Å². The van der Waals surface area contributed by atoms with Crippen molar-refractivity contribution in [3.05, 3.63) is 65.7 Å². The van der Waals surface area contributed by atoms with E-state index >= 15 is 0 Å². The predicted molar refractivity (Wildman–Crippen MR) is 112 cm³/mol. The molecule has 3 rings (SSSR count). The van der Waals surface area contributed by atoms with E-state index in [-0.39, 0.29) is 23.8 Å². The van der Waals surface area contributed by atoms with E-state index in [1.165, 1.54) is 5.56 Å². The molecule has 2 aromatic rings.